The van der Waals surface area contributed by atoms with E-state index in [9.17, 15) is 43.5 Å². The van der Waals surface area contributed by atoms with Gasteiger partial charge in [-0.2, -0.15) is 9.29 Å². The maximum atomic E-state index is 12.9. The fourth-order valence-corrected chi connectivity index (χ4v) is 10.4. The summed E-state index contributed by atoms with van der Waals surface area (Å²) in [6.45, 7) is 4.49. The third kappa shape index (κ3) is 32.5. The molecule has 0 radical (unpaired) electrons. The number of aromatic nitrogens is 2. The van der Waals surface area contributed by atoms with Crippen LogP contribution in [0.5, 0.6) is 0 Å². The number of carbonyl (C=O) groups is 2. The van der Waals surface area contributed by atoms with Crippen LogP contribution in [0.25, 0.3) is 0 Å². The molecule has 7 atom stereocenters. The third-order valence-corrected chi connectivity index (χ3v) is 15.1. The van der Waals surface area contributed by atoms with E-state index >= 15 is 0 Å². The molecule has 1 fully saturated rings. The molecule has 0 aliphatic carbocycles. The van der Waals surface area contributed by atoms with Crippen molar-refractivity contribution in [2.45, 2.75) is 244 Å². The molecule has 2 heterocycles. The molecule has 416 valence electrons. The zero-order chi connectivity index (χ0) is 52.9. The summed E-state index contributed by atoms with van der Waals surface area (Å²) in [5.41, 5.74) is 4.59. The zero-order valence-corrected chi connectivity index (χ0v) is 45.7. The number of phosphoric ester groups is 2. The van der Waals surface area contributed by atoms with Gasteiger partial charge in [-0.1, -0.05) is 186 Å². The minimum atomic E-state index is -5.43. The molecular weight excluding hydrogens is 969 g/mol. The van der Waals surface area contributed by atoms with Crippen LogP contribution in [0.4, 0.5) is 5.82 Å². The molecule has 18 nitrogen and oxygen atoms in total. The number of nitrogens with two attached hydrogens (primary N) is 1. The summed E-state index contributed by atoms with van der Waals surface area (Å²) in [6.07, 6.45) is 34.0. The number of allylic oxidation sites excluding steroid dienone is 4. The first-order chi connectivity index (χ1) is 34.5. The molecular formula is C52H93N3O15P2. The molecule has 2 rings (SSSR count). The molecule has 20 heteroatoms. The first-order valence-electron chi connectivity index (χ1n) is 27.2. The van der Waals surface area contributed by atoms with Gasteiger partial charge in [0.2, 0.25) is 0 Å². The van der Waals surface area contributed by atoms with E-state index in [-0.39, 0.29) is 18.7 Å². The van der Waals surface area contributed by atoms with E-state index < -0.39 is 83.7 Å². The second kappa shape index (κ2) is 39.6. The number of nitrogens with zero attached hydrogens (tertiary/aromatic N) is 2. The molecule has 0 bridgehead atoms. The number of ether oxygens (including phenoxy) is 3. The van der Waals surface area contributed by atoms with Crippen LogP contribution in [0.2, 0.25) is 0 Å². The van der Waals surface area contributed by atoms with Gasteiger partial charge in [0.1, 0.15) is 30.7 Å². The second-order valence-corrected chi connectivity index (χ2v) is 22.6. The second-order valence-electron chi connectivity index (χ2n) is 19.6. The lowest BCUT2D eigenvalue weighted by Crippen LogP contribution is -2.36. The van der Waals surface area contributed by atoms with Crippen molar-refractivity contribution in [1.82, 2.24) is 9.55 Å². The normalized spacial score (nSPS) is 19.3. The Bertz CT molecular complexity index is 1810. The van der Waals surface area contributed by atoms with Crippen LogP contribution in [0.1, 0.15) is 220 Å². The van der Waals surface area contributed by atoms with Gasteiger partial charge in [-0.3, -0.25) is 23.2 Å². The number of aliphatic hydroxyl groups is 2. The number of phosphoric acid groups is 2. The van der Waals surface area contributed by atoms with Gasteiger partial charge in [0.25, 0.3) is 0 Å². The predicted octanol–water partition coefficient (Wildman–Crippen LogP) is 11.6. The summed E-state index contributed by atoms with van der Waals surface area (Å²) in [4.78, 5) is 62.0. The largest absolute Gasteiger partial charge is 0.481 e. The summed E-state index contributed by atoms with van der Waals surface area (Å²) in [5.74, 6) is -0.491. The Hall–Kier alpha value is -2.76. The molecule has 0 saturated carbocycles. The number of rotatable bonds is 45. The average Bonchev–Trinajstić information content (AvgIpc) is 3.60. The quantitative estimate of drug-likeness (QED) is 0.0176. The van der Waals surface area contributed by atoms with E-state index in [4.69, 9.17) is 29.0 Å². The van der Waals surface area contributed by atoms with Crippen molar-refractivity contribution in [3.63, 3.8) is 0 Å². The Morgan fingerprint density at radius 2 is 1.19 bits per heavy atom. The number of aliphatic hydroxyl groups excluding tert-OH is 2. The minimum Gasteiger partial charge on any atom is -0.462 e. The van der Waals surface area contributed by atoms with E-state index in [2.05, 4.69) is 54.4 Å². The summed E-state index contributed by atoms with van der Waals surface area (Å²) in [7, 11) is -10.8. The van der Waals surface area contributed by atoms with Crippen molar-refractivity contribution in [3.05, 3.63) is 47.1 Å². The number of unbranched alkanes of at least 4 members (excludes halogenated alkanes) is 24. The van der Waals surface area contributed by atoms with Crippen LogP contribution >= 0.6 is 15.6 Å². The molecule has 72 heavy (non-hydrogen) atoms. The fraction of sp³-hybridized carbons (Fsp3) is 0.808. The highest BCUT2D eigenvalue weighted by molar-refractivity contribution is 7.61. The van der Waals surface area contributed by atoms with Gasteiger partial charge < -0.3 is 39.9 Å². The lowest BCUT2D eigenvalue weighted by atomic mass is 10.0. The Morgan fingerprint density at radius 3 is 1.72 bits per heavy atom. The number of nitrogen functional groups attached to an aromatic ring is 1. The predicted molar refractivity (Wildman–Crippen MR) is 280 cm³/mol. The summed E-state index contributed by atoms with van der Waals surface area (Å²) in [5, 5.41) is 20.9. The first-order valence-corrected chi connectivity index (χ1v) is 30.2. The van der Waals surface area contributed by atoms with Gasteiger partial charge in [0, 0.05) is 19.0 Å². The van der Waals surface area contributed by atoms with Gasteiger partial charge in [-0.15, -0.1) is 0 Å². The highest BCUT2D eigenvalue weighted by Gasteiger charge is 2.46. The van der Waals surface area contributed by atoms with Gasteiger partial charge in [0.15, 0.2) is 12.3 Å². The van der Waals surface area contributed by atoms with Crippen LogP contribution in [0, 0.1) is 5.92 Å². The van der Waals surface area contributed by atoms with Gasteiger partial charge in [-0.25, -0.2) is 13.9 Å². The molecule has 1 aliphatic rings. The van der Waals surface area contributed by atoms with Crippen LogP contribution in [0.3, 0.4) is 0 Å². The van der Waals surface area contributed by atoms with Crippen molar-refractivity contribution < 1.29 is 66.3 Å². The van der Waals surface area contributed by atoms with Gasteiger partial charge in [-0.05, 0) is 50.5 Å². The van der Waals surface area contributed by atoms with Crippen LogP contribution in [-0.4, -0.2) is 85.7 Å². The van der Waals surface area contributed by atoms with E-state index in [1.54, 1.807) is 0 Å². The van der Waals surface area contributed by atoms with E-state index in [0.717, 1.165) is 74.7 Å². The molecule has 1 aromatic heterocycles. The van der Waals surface area contributed by atoms with Gasteiger partial charge in [0.05, 0.1) is 13.2 Å². The standard InChI is InChI=1S/C52H93N3O15P2/c1-4-5-6-7-8-9-10-11-14-19-22-25-28-31-34-37-48(57)68-44(40-65-47(56)36-33-30-27-24-21-18-16-13-12-15-17-20-23-26-29-32-35-43(2)3)41-66-71(61,62)70-72(63,64)67-42-45-49(58)50(59)51(69-45)55-39-38-46(53)54-52(55)60/h9-11,14,38-39,43-45,49-51,58-59H,4-8,12-13,15-37,40-42H2,1-3H3,(H,61,62)(H,63,64)(H2,53,54,60)/b10-9-,14-11-/t44-,45-,49+,50?,51-/m1/s1. The molecule has 1 aliphatic heterocycles. The Labute approximate surface area is 430 Å². The molecule has 0 amide bonds. The molecule has 6 N–H and O–H groups in total. The number of anilines is 1. The number of carbonyl (C=O) groups excluding carboxylic acids is 2. The van der Waals surface area contributed by atoms with Crippen LogP contribution in [0.15, 0.2) is 41.4 Å². The Balaban J connectivity index is 1.77. The molecule has 0 spiro atoms. The SMILES string of the molecule is CCCCCC/C=C\C=C/CCCCCCCC(=O)O[C@H](COC(=O)CCCCCCCCCCCCCCCCCCC(C)C)COP(=O)(O)OP(=O)(O)OC[C@H]1O[C@@H](n2ccc(N)nc2=O)C(O)[C@H]1O. The van der Waals surface area contributed by atoms with Crippen molar-refractivity contribution >= 4 is 33.4 Å². The number of hydrogen-bond donors (Lipinski definition) is 5. The molecule has 0 aromatic carbocycles. The van der Waals surface area contributed by atoms with Crippen molar-refractivity contribution in [1.29, 1.82) is 0 Å². The highest BCUT2D eigenvalue weighted by atomic mass is 31.3. The number of esters is 2. The summed E-state index contributed by atoms with van der Waals surface area (Å²) < 4.78 is 56.9. The molecule has 3 unspecified atom stereocenters. The zero-order valence-electron chi connectivity index (χ0n) is 43.9. The van der Waals surface area contributed by atoms with Gasteiger partial charge >= 0.3 is 33.3 Å². The van der Waals surface area contributed by atoms with E-state index in [1.165, 1.54) is 115 Å². The highest BCUT2D eigenvalue weighted by Crippen LogP contribution is 2.60. The Kier molecular flexibility index (Phi) is 36.0. The van der Waals surface area contributed by atoms with Crippen LogP contribution < -0.4 is 11.4 Å². The molecule has 1 aromatic rings. The van der Waals surface area contributed by atoms with Crippen molar-refractivity contribution in [3.8, 4) is 0 Å². The fourth-order valence-electron chi connectivity index (χ4n) is 8.25. The third-order valence-electron chi connectivity index (χ3n) is 12.5. The number of hydrogen-bond acceptors (Lipinski definition) is 15. The topological polar surface area (TPSA) is 265 Å². The maximum Gasteiger partial charge on any atom is 0.481 e. The van der Waals surface area contributed by atoms with Crippen molar-refractivity contribution in [2.24, 2.45) is 5.92 Å². The monoisotopic (exact) mass is 1060 g/mol. The molecule has 1 saturated heterocycles. The maximum absolute atomic E-state index is 12.9. The van der Waals surface area contributed by atoms with E-state index in [0.29, 0.717) is 12.8 Å². The first kappa shape index (κ1) is 65.4. The van der Waals surface area contributed by atoms with E-state index in [1.807, 2.05) is 0 Å². The van der Waals surface area contributed by atoms with Crippen molar-refractivity contribution in [2.75, 3.05) is 25.6 Å². The average molecular weight is 1060 g/mol. The lowest BCUT2D eigenvalue weighted by Gasteiger charge is -2.21. The minimum absolute atomic E-state index is 0.0351. The van der Waals surface area contributed by atoms with Crippen LogP contribution in [-0.2, 0) is 46.3 Å². The lowest BCUT2D eigenvalue weighted by molar-refractivity contribution is -0.161. The summed E-state index contributed by atoms with van der Waals surface area (Å²) in [6, 6.07) is 1.25. The smallest absolute Gasteiger partial charge is 0.462 e. The Morgan fingerprint density at radius 1 is 0.708 bits per heavy atom. The summed E-state index contributed by atoms with van der Waals surface area (Å²) >= 11 is 0.